The Balaban J connectivity index is 5.31. The molecular weight excluding hydrogens is 1310 g/mol. The van der Waals surface area contributed by atoms with Crippen LogP contribution in [-0.4, -0.2) is 96.7 Å². The van der Waals surface area contributed by atoms with Gasteiger partial charge in [0, 0.05) is 25.7 Å². The van der Waals surface area contributed by atoms with Gasteiger partial charge >= 0.3 is 39.5 Å². The van der Waals surface area contributed by atoms with Crippen molar-refractivity contribution in [3.8, 4) is 0 Å². The molecule has 0 saturated heterocycles. The summed E-state index contributed by atoms with van der Waals surface area (Å²) < 4.78 is 68.7. The van der Waals surface area contributed by atoms with E-state index in [0.717, 1.165) is 161 Å². The van der Waals surface area contributed by atoms with E-state index in [1.807, 2.05) is 0 Å². The lowest BCUT2D eigenvalue weighted by Crippen LogP contribution is -2.30. The summed E-state index contributed by atoms with van der Waals surface area (Å²) in [6.45, 7) is 4.93. The van der Waals surface area contributed by atoms with E-state index < -0.39 is 97.5 Å². The molecule has 0 spiro atoms. The molecule has 0 bridgehead atoms. The average molecular weight is 1460 g/mol. The molecule has 0 aromatic rings. The number of carbonyl (C=O) groups excluding carboxylic acids is 4. The maximum atomic E-state index is 13.1. The highest BCUT2D eigenvalue weighted by molar-refractivity contribution is 7.47. The van der Waals surface area contributed by atoms with Gasteiger partial charge in [0.15, 0.2) is 12.2 Å². The SMILES string of the molecule is CCCCCC/C=C\CCCCCCCCCC(=O)OC[C@H](COP(=O)(O)OC[C@@H](O)COP(=O)(O)OC[C@@H](COC(=O)CCCCCCCCCCCCCCCCC)OC(=O)CCCCCCCCC/C=C\CCCCCC)OC(=O)CCCCCCCCC/C=C\CCCCCC. The molecule has 100 heavy (non-hydrogen) atoms. The Labute approximate surface area is 611 Å². The van der Waals surface area contributed by atoms with Gasteiger partial charge in [-0.2, -0.15) is 0 Å². The Hall–Kier alpha value is -2.72. The van der Waals surface area contributed by atoms with Crippen LogP contribution in [0.4, 0.5) is 0 Å². The molecule has 17 nitrogen and oxygen atoms in total. The minimum absolute atomic E-state index is 0.0957. The summed E-state index contributed by atoms with van der Waals surface area (Å²) in [5.74, 6) is -2.14. The predicted molar refractivity (Wildman–Crippen MR) is 409 cm³/mol. The van der Waals surface area contributed by atoms with Crippen LogP contribution in [0.5, 0.6) is 0 Å². The predicted octanol–water partition coefficient (Wildman–Crippen LogP) is 23.9. The standard InChI is InChI=1S/C81H152O17P2/c1-5-9-13-17-21-25-29-33-37-41-45-49-53-57-61-65-78(83)91-71-76(97-80(85)67-63-59-55-51-47-43-39-35-31-27-23-19-15-11-7-3)73-95-99(87,88)93-69-75(82)70-94-100(89,90)96-74-77(98-81(86)68-64-60-56-52-48-44-40-36-32-28-24-20-16-12-8-4)72-92-79(84)66-62-58-54-50-46-42-38-34-30-26-22-18-14-10-6-2/h25,27-29,31-32,75-77,82H,5-24,26,30,33-74H2,1-4H3,(H,87,88)(H,89,90)/b29-25-,31-27-,32-28-/t75-,76-,77-/m1/s1. The van der Waals surface area contributed by atoms with Crippen LogP contribution < -0.4 is 0 Å². The smallest absolute Gasteiger partial charge is 0.462 e. The second kappa shape index (κ2) is 74.5. The van der Waals surface area contributed by atoms with Gasteiger partial charge in [0.1, 0.15) is 19.3 Å². The van der Waals surface area contributed by atoms with Gasteiger partial charge in [-0.25, -0.2) is 9.13 Å². The zero-order valence-electron chi connectivity index (χ0n) is 64.4. The van der Waals surface area contributed by atoms with Gasteiger partial charge in [0.25, 0.3) is 0 Å². The van der Waals surface area contributed by atoms with Crippen molar-refractivity contribution >= 4 is 39.5 Å². The number of ether oxygens (including phenoxy) is 4. The van der Waals surface area contributed by atoms with E-state index in [-0.39, 0.29) is 25.7 Å². The van der Waals surface area contributed by atoms with E-state index in [2.05, 4.69) is 64.2 Å². The summed E-state index contributed by atoms with van der Waals surface area (Å²) in [5, 5.41) is 10.6. The Bertz CT molecular complexity index is 2040. The highest BCUT2D eigenvalue weighted by atomic mass is 31.2. The zero-order valence-corrected chi connectivity index (χ0v) is 66.2. The summed E-state index contributed by atoms with van der Waals surface area (Å²) in [6, 6.07) is 0. The summed E-state index contributed by atoms with van der Waals surface area (Å²) in [7, 11) is -9.94. The third kappa shape index (κ3) is 73.6. The second-order valence-corrected chi connectivity index (χ2v) is 31.0. The number of carbonyl (C=O) groups is 4. The molecule has 3 N–H and O–H groups in total. The number of hydrogen-bond acceptors (Lipinski definition) is 15. The van der Waals surface area contributed by atoms with Crippen molar-refractivity contribution in [1.29, 1.82) is 0 Å². The van der Waals surface area contributed by atoms with Crippen molar-refractivity contribution < 1.29 is 80.2 Å². The van der Waals surface area contributed by atoms with E-state index >= 15 is 0 Å². The Morgan fingerprint density at radius 2 is 0.460 bits per heavy atom. The van der Waals surface area contributed by atoms with Crippen molar-refractivity contribution in [2.24, 2.45) is 0 Å². The van der Waals surface area contributed by atoms with E-state index in [9.17, 15) is 43.2 Å². The first-order valence-electron chi connectivity index (χ1n) is 41.2. The lowest BCUT2D eigenvalue weighted by molar-refractivity contribution is -0.161. The van der Waals surface area contributed by atoms with Crippen LogP contribution in [0.25, 0.3) is 0 Å². The largest absolute Gasteiger partial charge is 0.472 e. The van der Waals surface area contributed by atoms with Gasteiger partial charge in [-0.05, 0) is 103 Å². The van der Waals surface area contributed by atoms with E-state index in [4.69, 9.17) is 37.0 Å². The molecular formula is C81H152O17P2. The number of phosphoric acid groups is 2. The Kier molecular flexibility index (Phi) is 72.5. The third-order valence-electron chi connectivity index (χ3n) is 18.1. The number of aliphatic hydroxyl groups excluding tert-OH is 1. The highest BCUT2D eigenvalue weighted by Crippen LogP contribution is 2.45. The number of unbranched alkanes of at least 4 members (excludes halogenated alkanes) is 47. The molecule has 0 rings (SSSR count). The minimum Gasteiger partial charge on any atom is -0.462 e. The first kappa shape index (κ1) is 97.3. The molecule has 0 saturated carbocycles. The van der Waals surface area contributed by atoms with Crippen molar-refractivity contribution in [3.63, 3.8) is 0 Å². The number of aliphatic hydroxyl groups is 1. The maximum Gasteiger partial charge on any atom is 0.472 e. The monoisotopic (exact) mass is 1460 g/mol. The molecule has 0 aromatic heterocycles. The number of rotatable bonds is 79. The molecule has 0 heterocycles. The van der Waals surface area contributed by atoms with E-state index in [0.29, 0.717) is 25.7 Å². The zero-order chi connectivity index (χ0) is 73.2. The molecule has 0 aliphatic carbocycles. The number of esters is 4. The van der Waals surface area contributed by atoms with Crippen LogP contribution >= 0.6 is 15.6 Å². The van der Waals surface area contributed by atoms with Crippen LogP contribution in [0.2, 0.25) is 0 Å². The molecule has 2 unspecified atom stereocenters. The fraction of sp³-hybridized carbons (Fsp3) is 0.877. The quantitative estimate of drug-likeness (QED) is 0.0169. The molecule has 0 amide bonds. The van der Waals surface area contributed by atoms with E-state index in [1.165, 1.54) is 161 Å². The Morgan fingerprint density at radius 1 is 0.270 bits per heavy atom. The normalized spacial score (nSPS) is 14.0. The molecule has 0 aromatic carbocycles. The molecule has 0 aliphatic rings. The first-order chi connectivity index (χ1) is 48.7. The lowest BCUT2D eigenvalue weighted by Gasteiger charge is -2.21. The molecule has 0 radical (unpaired) electrons. The van der Waals surface area contributed by atoms with Gasteiger partial charge in [-0.15, -0.1) is 0 Å². The molecule has 0 fully saturated rings. The summed E-state index contributed by atoms with van der Waals surface area (Å²) in [4.78, 5) is 73.0. The van der Waals surface area contributed by atoms with Crippen LogP contribution in [0.1, 0.15) is 400 Å². The minimum atomic E-state index is -4.97. The molecule has 19 heteroatoms. The van der Waals surface area contributed by atoms with Crippen molar-refractivity contribution in [2.45, 2.75) is 418 Å². The molecule has 5 atom stereocenters. The van der Waals surface area contributed by atoms with Gasteiger partial charge in [-0.3, -0.25) is 37.3 Å². The van der Waals surface area contributed by atoms with Crippen molar-refractivity contribution in [2.75, 3.05) is 39.6 Å². The summed E-state index contributed by atoms with van der Waals surface area (Å²) in [5.41, 5.74) is 0. The van der Waals surface area contributed by atoms with Crippen LogP contribution in [0.3, 0.4) is 0 Å². The fourth-order valence-corrected chi connectivity index (χ4v) is 13.3. The third-order valence-corrected chi connectivity index (χ3v) is 20.0. The van der Waals surface area contributed by atoms with Gasteiger partial charge in [-0.1, -0.05) is 308 Å². The maximum absolute atomic E-state index is 13.1. The fourth-order valence-electron chi connectivity index (χ4n) is 11.7. The van der Waals surface area contributed by atoms with Gasteiger partial charge in [0.05, 0.1) is 26.4 Å². The number of hydrogen-bond donors (Lipinski definition) is 3. The summed E-state index contributed by atoms with van der Waals surface area (Å²) in [6.07, 6.45) is 71.0. The van der Waals surface area contributed by atoms with Crippen LogP contribution in [-0.2, 0) is 65.4 Å². The number of allylic oxidation sites excluding steroid dienone is 6. The van der Waals surface area contributed by atoms with Crippen molar-refractivity contribution in [3.05, 3.63) is 36.5 Å². The highest BCUT2D eigenvalue weighted by Gasteiger charge is 2.30. The van der Waals surface area contributed by atoms with Crippen LogP contribution in [0.15, 0.2) is 36.5 Å². The first-order valence-corrected chi connectivity index (χ1v) is 44.2. The Morgan fingerprint density at radius 3 is 0.700 bits per heavy atom. The molecule has 0 aliphatic heterocycles. The van der Waals surface area contributed by atoms with Crippen LogP contribution in [0, 0.1) is 0 Å². The van der Waals surface area contributed by atoms with Gasteiger partial charge < -0.3 is 33.8 Å². The number of phosphoric ester groups is 2. The average Bonchev–Trinajstić information content (AvgIpc) is 1.01. The van der Waals surface area contributed by atoms with Crippen molar-refractivity contribution in [1.82, 2.24) is 0 Å². The topological polar surface area (TPSA) is 237 Å². The van der Waals surface area contributed by atoms with E-state index in [1.54, 1.807) is 0 Å². The lowest BCUT2D eigenvalue weighted by atomic mass is 10.0. The van der Waals surface area contributed by atoms with Gasteiger partial charge in [0.2, 0.25) is 0 Å². The summed E-state index contributed by atoms with van der Waals surface area (Å²) >= 11 is 0. The second-order valence-electron chi connectivity index (χ2n) is 28.1. The molecule has 588 valence electrons.